The predicted octanol–water partition coefficient (Wildman–Crippen LogP) is 2.70. The zero-order valence-electron chi connectivity index (χ0n) is 12.6. The minimum Gasteiger partial charge on any atom is -0.478 e. The number of carbonyl (C=O) groups is 4. The van der Waals surface area contributed by atoms with E-state index in [-0.39, 0.29) is 27.4 Å². The number of carbonyl (C=O) groups excluding carboxylic acids is 3. The molecular weight excluding hydrogens is 346 g/mol. The van der Waals surface area contributed by atoms with E-state index in [0.717, 1.165) is 17.1 Å². The average molecular weight is 356 g/mol. The van der Waals surface area contributed by atoms with E-state index in [1.165, 1.54) is 36.4 Å². The Balaban J connectivity index is 2.07. The van der Waals surface area contributed by atoms with Crippen molar-refractivity contribution in [2.24, 2.45) is 0 Å². The van der Waals surface area contributed by atoms with Crippen LogP contribution in [0.4, 0.5) is 5.69 Å². The van der Waals surface area contributed by atoms with Crippen LogP contribution in [0.1, 0.15) is 26.3 Å². The Bertz CT molecular complexity index is 946. The van der Waals surface area contributed by atoms with Gasteiger partial charge in [0.05, 0.1) is 16.3 Å². The van der Waals surface area contributed by atoms with E-state index in [2.05, 4.69) is 0 Å². The Labute approximate surface area is 146 Å². The second-order valence-electron chi connectivity index (χ2n) is 5.19. The molecule has 25 heavy (non-hydrogen) atoms. The first kappa shape index (κ1) is 16.6. The Morgan fingerprint density at radius 3 is 2.12 bits per heavy atom. The fourth-order valence-corrected chi connectivity index (χ4v) is 2.69. The summed E-state index contributed by atoms with van der Waals surface area (Å²) in [5, 5.41) is 9.34. The maximum absolute atomic E-state index is 12.7. The van der Waals surface area contributed by atoms with Gasteiger partial charge < -0.3 is 5.11 Å². The largest absolute Gasteiger partial charge is 0.478 e. The number of imide groups is 1. The number of nitrogens with zero attached hydrogens (tertiary/aromatic N) is 1. The maximum Gasteiger partial charge on any atom is 0.336 e. The molecule has 0 radical (unpaired) electrons. The van der Waals surface area contributed by atoms with Crippen molar-refractivity contribution < 1.29 is 24.3 Å². The summed E-state index contributed by atoms with van der Waals surface area (Å²) < 4.78 is 0. The van der Waals surface area contributed by atoms with Crippen molar-refractivity contribution in [1.82, 2.24) is 0 Å². The molecule has 0 atom stereocenters. The molecule has 0 saturated carbocycles. The Morgan fingerprint density at radius 2 is 1.52 bits per heavy atom. The zero-order chi connectivity index (χ0) is 18.1. The van der Waals surface area contributed by atoms with Gasteiger partial charge in [0.2, 0.25) is 0 Å². The van der Waals surface area contributed by atoms with Crippen LogP contribution in [0.2, 0.25) is 5.02 Å². The molecule has 2 amide bonds. The molecule has 0 fully saturated rings. The van der Waals surface area contributed by atoms with E-state index in [4.69, 9.17) is 11.6 Å². The van der Waals surface area contributed by atoms with Crippen LogP contribution >= 0.6 is 11.6 Å². The highest BCUT2D eigenvalue weighted by Gasteiger charge is 2.28. The van der Waals surface area contributed by atoms with Gasteiger partial charge >= 0.3 is 5.97 Å². The van der Waals surface area contributed by atoms with E-state index in [1.807, 2.05) is 0 Å². The van der Waals surface area contributed by atoms with Gasteiger partial charge in [-0.25, -0.2) is 9.69 Å². The predicted molar refractivity (Wildman–Crippen MR) is 89.9 cm³/mol. The van der Waals surface area contributed by atoms with Gasteiger partial charge in [0.15, 0.2) is 5.78 Å². The van der Waals surface area contributed by atoms with E-state index in [1.54, 1.807) is 6.07 Å². The third-order valence-corrected chi connectivity index (χ3v) is 3.98. The number of carboxylic acids is 1. The molecule has 7 heteroatoms. The number of aromatic carboxylic acids is 1. The summed E-state index contributed by atoms with van der Waals surface area (Å²) in [6, 6.07) is 9.87. The second kappa shape index (κ2) is 6.33. The van der Waals surface area contributed by atoms with Crippen LogP contribution < -0.4 is 4.90 Å². The van der Waals surface area contributed by atoms with Crippen molar-refractivity contribution in [2.75, 3.05) is 4.90 Å². The lowest BCUT2D eigenvalue weighted by atomic mass is 9.98. The molecule has 124 valence electrons. The summed E-state index contributed by atoms with van der Waals surface area (Å²) in [5.41, 5.74) is 0.0420. The number of rotatable bonds is 4. The molecule has 1 heterocycles. The third-order valence-electron chi connectivity index (χ3n) is 3.66. The molecular formula is C18H10ClNO5. The van der Waals surface area contributed by atoms with Crippen molar-refractivity contribution in [3.8, 4) is 0 Å². The first-order valence-corrected chi connectivity index (χ1v) is 7.50. The number of ketones is 1. The Hall–Kier alpha value is -3.25. The molecule has 3 rings (SSSR count). The third kappa shape index (κ3) is 2.95. The van der Waals surface area contributed by atoms with Gasteiger partial charge in [-0.15, -0.1) is 0 Å². The normalized spacial score (nSPS) is 13.4. The standard InChI is InChI=1S/C18H10ClNO5/c19-13-6-5-10(9-14(13)20-15(21)7-8-16(20)22)17(23)11-3-1-2-4-12(11)18(24)25/h1-9H,(H,24,25). The lowest BCUT2D eigenvalue weighted by molar-refractivity contribution is -0.120. The molecule has 0 spiro atoms. The van der Waals surface area contributed by atoms with Gasteiger partial charge in [-0.05, 0) is 24.3 Å². The van der Waals surface area contributed by atoms with Gasteiger partial charge in [0.25, 0.3) is 11.8 Å². The van der Waals surface area contributed by atoms with Gasteiger partial charge in [-0.2, -0.15) is 0 Å². The van der Waals surface area contributed by atoms with Gasteiger partial charge in [0, 0.05) is 23.3 Å². The Kier molecular flexibility index (Phi) is 4.21. The van der Waals surface area contributed by atoms with Crippen LogP contribution in [0.3, 0.4) is 0 Å². The molecule has 6 nitrogen and oxygen atoms in total. The van der Waals surface area contributed by atoms with E-state index < -0.39 is 23.6 Å². The minimum atomic E-state index is -1.23. The second-order valence-corrected chi connectivity index (χ2v) is 5.60. The SMILES string of the molecule is O=C(O)c1ccccc1C(=O)c1ccc(Cl)c(N2C(=O)C=CC2=O)c1. The number of halogens is 1. The summed E-state index contributed by atoms with van der Waals surface area (Å²) in [6.45, 7) is 0. The molecule has 0 unspecified atom stereocenters. The molecule has 0 saturated heterocycles. The number of carboxylic acid groups (broad SMARTS) is 1. The van der Waals surface area contributed by atoms with Crippen LogP contribution in [0.5, 0.6) is 0 Å². The molecule has 1 aliphatic heterocycles. The van der Waals surface area contributed by atoms with Gasteiger partial charge in [-0.3, -0.25) is 14.4 Å². The van der Waals surface area contributed by atoms with Crippen molar-refractivity contribution >= 4 is 40.9 Å². The number of amides is 2. The highest BCUT2D eigenvalue weighted by atomic mass is 35.5. The molecule has 0 bridgehead atoms. The summed E-state index contributed by atoms with van der Waals surface area (Å²) >= 11 is 6.06. The fourth-order valence-electron chi connectivity index (χ4n) is 2.49. The van der Waals surface area contributed by atoms with Crippen LogP contribution in [0.25, 0.3) is 0 Å². The summed E-state index contributed by atoms with van der Waals surface area (Å²) in [6.07, 6.45) is 2.21. The van der Waals surface area contributed by atoms with E-state index >= 15 is 0 Å². The number of benzene rings is 2. The van der Waals surface area contributed by atoms with Crippen molar-refractivity contribution in [3.05, 3.63) is 76.3 Å². The van der Waals surface area contributed by atoms with E-state index in [9.17, 15) is 24.3 Å². The molecule has 2 aromatic rings. The topological polar surface area (TPSA) is 91.8 Å². The molecule has 1 aliphatic rings. The smallest absolute Gasteiger partial charge is 0.336 e. The lowest BCUT2D eigenvalue weighted by Gasteiger charge is -2.16. The van der Waals surface area contributed by atoms with Crippen LogP contribution in [-0.4, -0.2) is 28.7 Å². The first-order valence-electron chi connectivity index (χ1n) is 7.13. The van der Waals surface area contributed by atoms with Gasteiger partial charge in [0.1, 0.15) is 0 Å². The molecule has 1 N–H and O–H groups in total. The quantitative estimate of drug-likeness (QED) is 0.672. The van der Waals surface area contributed by atoms with Crippen molar-refractivity contribution in [2.45, 2.75) is 0 Å². The highest BCUT2D eigenvalue weighted by Crippen LogP contribution is 2.30. The monoisotopic (exact) mass is 355 g/mol. The highest BCUT2D eigenvalue weighted by molar-refractivity contribution is 6.37. The minimum absolute atomic E-state index is 0.000437. The fraction of sp³-hybridized carbons (Fsp3) is 0. The first-order chi connectivity index (χ1) is 11.9. The van der Waals surface area contributed by atoms with Crippen molar-refractivity contribution in [1.29, 1.82) is 0 Å². The number of anilines is 1. The average Bonchev–Trinajstić information content (AvgIpc) is 2.93. The summed E-state index contributed by atoms with van der Waals surface area (Å²) in [5.74, 6) is -2.92. The summed E-state index contributed by atoms with van der Waals surface area (Å²) in [7, 11) is 0. The molecule has 2 aromatic carbocycles. The lowest BCUT2D eigenvalue weighted by Crippen LogP contribution is -2.30. The van der Waals surface area contributed by atoms with Crippen molar-refractivity contribution in [3.63, 3.8) is 0 Å². The van der Waals surface area contributed by atoms with Crippen LogP contribution in [0.15, 0.2) is 54.6 Å². The summed E-state index contributed by atoms with van der Waals surface area (Å²) in [4.78, 5) is 48.5. The Morgan fingerprint density at radius 1 is 0.920 bits per heavy atom. The molecule has 0 aliphatic carbocycles. The van der Waals surface area contributed by atoms with Crippen LogP contribution in [0, 0.1) is 0 Å². The van der Waals surface area contributed by atoms with Crippen LogP contribution in [-0.2, 0) is 9.59 Å². The molecule has 0 aromatic heterocycles. The number of hydrogen-bond donors (Lipinski definition) is 1. The zero-order valence-corrected chi connectivity index (χ0v) is 13.4. The van der Waals surface area contributed by atoms with Gasteiger partial charge in [-0.1, -0.05) is 29.8 Å². The van der Waals surface area contributed by atoms with E-state index in [0.29, 0.717) is 0 Å². The number of hydrogen-bond acceptors (Lipinski definition) is 4. The maximum atomic E-state index is 12.7.